The quantitative estimate of drug-likeness (QED) is 0.652. The molecule has 0 atom stereocenters. The van der Waals surface area contributed by atoms with Gasteiger partial charge in [0.05, 0.1) is 17.7 Å². The topological polar surface area (TPSA) is 93.7 Å². The molecule has 2 N–H and O–H groups in total. The van der Waals surface area contributed by atoms with E-state index in [0.717, 1.165) is 12.8 Å². The normalized spacial score (nSPS) is 13.9. The van der Waals surface area contributed by atoms with Crippen molar-refractivity contribution in [3.8, 4) is 11.5 Å². The van der Waals surface area contributed by atoms with Gasteiger partial charge >= 0.3 is 0 Å². The molecule has 2 aromatic rings. The lowest BCUT2D eigenvalue weighted by atomic mass is 10.0. The molecule has 0 radical (unpaired) electrons. The fourth-order valence-electron chi connectivity index (χ4n) is 2.72. The first-order chi connectivity index (χ1) is 13.8. The number of anilines is 1. The predicted molar refractivity (Wildman–Crippen MR) is 111 cm³/mol. The van der Waals surface area contributed by atoms with Crippen LogP contribution in [0.15, 0.2) is 47.4 Å². The monoisotopic (exact) mass is 418 g/mol. The van der Waals surface area contributed by atoms with Gasteiger partial charge in [-0.05, 0) is 54.7 Å². The third kappa shape index (κ3) is 5.71. The largest absolute Gasteiger partial charge is 0.495 e. The van der Waals surface area contributed by atoms with E-state index in [4.69, 9.17) is 9.47 Å². The van der Waals surface area contributed by atoms with Crippen molar-refractivity contribution >= 4 is 21.6 Å². The summed E-state index contributed by atoms with van der Waals surface area (Å²) in [6, 6.07) is 11.9. The Morgan fingerprint density at radius 1 is 1.14 bits per heavy atom. The molecule has 1 fully saturated rings. The standard InChI is InChI=1S/C21H26N2O5S/c1-14(2)15-4-8-17(9-5-15)28-13-21(24)22-19-12-18(10-11-20(19)27-3)29(25,26)23-16-6-7-16/h4-5,8-12,14,16,23H,6-7,13H2,1-3H3,(H,22,24). The minimum absolute atomic E-state index is 0.00405. The van der Waals surface area contributed by atoms with Gasteiger partial charge in [0, 0.05) is 6.04 Å². The first kappa shape index (κ1) is 21.1. The van der Waals surface area contributed by atoms with Gasteiger partial charge in [0.15, 0.2) is 6.61 Å². The first-order valence-corrected chi connectivity index (χ1v) is 11.0. The second-order valence-electron chi connectivity index (χ2n) is 7.32. The summed E-state index contributed by atoms with van der Waals surface area (Å²) in [4.78, 5) is 12.4. The Morgan fingerprint density at radius 3 is 2.41 bits per heavy atom. The van der Waals surface area contributed by atoms with Gasteiger partial charge in [-0.25, -0.2) is 13.1 Å². The third-order valence-corrected chi connectivity index (χ3v) is 6.09. The molecule has 0 heterocycles. The lowest BCUT2D eigenvalue weighted by Crippen LogP contribution is -2.26. The molecular formula is C21H26N2O5S. The highest BCUT2D eigenvalue weighted by molar-refractivity contribution is 7.89. The van der Waals surface area contributed by atoms with Crippen molar-refractivity contribution in [3.63, 3.8) is 0 Å². The number of hydrogen-bond donors (Lipinski definition) is 2. The third-order valence-electron chi connectivity index (χ3n) is 4.57. The van der Waals surface area contributed by atoms with E-state index in [1.165, 1.54) is 30.9 Å². The molecule has 29 heavy (non-hydrogen) atoms. The van der Waals surface area contributed by atoms with Crippen LogP contribution in [-0.4, -0.2) is 34.1 Å². The highest BCUT2D eigenvalue weighted by Gasteiger charge is 2.28. The van der Waals surface area contributed by atoms with Gasteiger partial charge in [0.25, 0.3) is 5.91 Å². The van der Waals surface area contributed by atoms with E-state index in [9.17, 15) is 13.2 Å². The maximum Gasteiger partial charge on any atom is 0.262 e. The van der Waals surface area contributed by atoms with Crippen LogP contribution in [0.2, 0.25) is 0 Å². The number of rotatable bonds is 9. The van der Waals surface area contributed by atoms with Gasteiger partial charge in [0.2, 0.25) is 10.0 Å². The Bertz CT molecular complexity index is 967. The van der Waals surface area contributed by atoms with E-state index < -0.39 is 15.9 Å². The minimum atomic E-state index is -3.63. The molecule has 2 aromatic carbocycles. The zero-order chi connectivity index (χ0) is 21.0. The second-order valence-corrected chi connectivity index (χ2v) is 9.03. The van der Waals surface area contributed by atoms with E-state index in [2.05, 4.69) is 23.9 Å². The Morgan fingerprint density at radius 2 is 1.83 bits per heavy atom. The molecule has 1 aliphatic carbocycles. The number of benzene rings is 2. The van der Waals surface area contributed by atoms with Crippen LogP contribution in [0.1, 0.15) is 38.2 Å². The summed E-state index contributed by atoms with van der Waals surface area (Å²) >= 11 is 0. The summed E-state index contributed by atoms with van der Waals surface area (Å²) < 4.78 is 38.2. The van der Waals surface area contributed by atoms with Gasteiger partial charge in [0.1, 0.15) is 11.5 Å². The first-order valence-electron chi connectivity index (χ1n) is 9.51. The molecule has 156 valence electrons. The Balaban J connectivity index is 1.66. The molecule has 8 heteroatoms. The van der Waals surface area contributed by atoms with Gasteiger partial charge in [-0.15, -0.1) is 0 Å². The molecule has 1 aliphatic rings. The highest BCUT2D eigenvalue weighted by Crippen LogP contribution is 2.29. The van der Waals surface area contributed by atoms with Crippen LogP contribution in [0.3, 0.4) is 0 Å². The number of ether oxygens (including phenoxy) is 2. The fraction of sp³-hybridized carbons (Fsp3) is 0.381. The summed E-state index contributed by atoms with van der Waals surface area (Å²) in [5, 5.41) is 2.66. The SMILES string of the molecule is COc1ccc(S(=O)(=O)NC2CC2)cc1NC(=O)COc1ccc(C(C)C)cc1. The van der Waals surface area contributed by atoms with Crippen LogP contribution in [0, 0.1) is 0 Å². The van der Waals surface area contributed by atoms with Gasteiger partial charge in [-0.1, -0.05) is 26.0 Å². The second kappa shape index (κ2) is 8.84. The lowest BCUT2D eigenvalue weighted by molar-refractivity contribution is -0.118. The van der Waals surface area contributed by atoms with Crippen molar-refractivity contribution < 1.29 is 22.7 Å². The van der Waals surface area contributed by atoms with Gasteiger partial charge in [-0.3, -0.25) is 4.79 Å². The summed E-state index contributed by atoms with van der Waals surface area (Å²) in [7, 11) is -2.18. The van der Waals surface area contributed by atoms with Crippen LogP contribution >= 0.6 is 0 Å². The zero-order valence-corrected chi connectivity index (χ0v) is 17.6. The molecule has 0 unspecified atom stereocenters. The Labute approximate surface area is 171 Å². The number of methoxy groups -OCH3 is 1. The molecule has 7 nitrogen and oxygen atoms in total. The summed E-state index contributed by atoms with van der Waals surface area (Å²) in [6.45, 7) is 4.00. The van der Waals surface area contributed by atoms with Crippen molar-refractivity contribution in [1.29, 1.82) is 0 Å². The number of carbonyl (C=O) groups is 1. The molecule has 0 saturated heterocycles. The van der Waals surface area contributed by atoms with Crippen LogP contribution in [-0.2, 0) is 14.8 Å². The van der Waals surface area contributed by atoms with Crippen molar-refractivity contribution in [2.75, 3.05) is 19.0 Å². The van der Waals surface area contributed by atoms with E-state index in [0.29, 0.717) is 17.4 Å². The fourth-order valence-corrected chi connectivity index (χ4v) is 4.06. The maximum atomic E-state index is 12.4. The predicted octanol–water partition coefficient (Wildman–Crippen LogP) is 3.28. The van der Waals surface area contributed by atoms with Crippen molar-refractivity contribution in [2.45, 2.75) is 43.5 Å². The number of carbonyl (C=O) groups excluding carboxylic acids is 1. The average Bonchev–Trinajstić information content (AvgIpc) is 3.50. The van der Waals surface area contributed by atoms with Crippen LogP contribution in [0.25, 0.3) is 0 Å². The number of sulfonamides is 1. The van der Waals surface area contributed by atoms with Gasteiger partial charge < -0.3 is 14.8 Å². The highest BCUT2D eigenvalue weighted by atomic mass is 32.2. The Hall–Kier alpha value is -2.58. The summed E-state index contributed by atoms with van der Waals surface area (Å²) in [6.07, 6.45) is 1.68. The summed E-state index contributed by atoms with van der Waals surface area (Å²) in [5.74, 6) is 0.949. The van der Waals surface area contributed by atoms with Crippen molar-refractivity contribution in [3.05, 3.63) is 48.0 Å². The molecule has 0 aliphatic heterocycles. The molecule has 3 rings (SSSR count). The molecule has 1 saturated carbocycles. The van der Waals surface area contributed by atoms with Gasteiger partial charge in [-0.2, -0.15) is 0 Å². The van der Waals surface area contributed by atoms with Crippen LogP contribution in [0.4, 0.5) is 5.69 Å². The molecule has 0 bridgehead atoms. The van der Waals surface area contributed by atoms with E-state index >= 15 is 0 Å². The van der Waals surface area contributed by atoms with E-state index in [1.807, 2.05) is 24.3 Å². The lowest BCUT2D eigenvalue weighted by Gasteiger charge is -2.13. The minimum Gasteiger partial charge on any atom is -0.495 e. The molecular weight excluding hydrogens is 392 g/mol. The number of nitrogens with one attached hydrogen (secondary N) is 2. The summed E-state index contributed by atoms with van der Waals surface area (Å²) in [5.41, 5.74) is 1.46. The number of amides is 1. The Kier molecular flexibility index (Phi) is 6.44. The van der Waals surface area contributed by atoms with Crippen LogP contribution < -0.4 is 19.5 Å². The van der Waals surface area contributed by atoms with Crippen molar-refractivity contribution in [2.24, 2.45) is 0 Å². The smallest absolute Gasteiger partial charge is 0.262 e. The maximum absolute atomic E-state index is 12.4. The van der Waals surface area contributed by atoms with E-state index in [-0.39, 0.29) is 23.2 Å². The molecule has 0 spiro atoms. The van der Waals surface area contributed by atoms with Crippen molar-refractivity contribution in [1.82, 2.24) is 4.72 Å². The average molecular weight is 419 g/mol. The zero-order valence-electron chi connectivity index (χ0n) is 16.8. The molecule has 1 amide bonds. The number of hydrogen-bond acceptors (Lipinski definition) is 5. The van der Waals surface area contributed by atoms with E-state index in [1.54, 1.807) is 0 Å². The molecule has 0 aromatic heterocycles. The van der Waals surface area contributed by atoms with Crippen LogP contribution in [0.5, 0.6) is 11.5 Å².